The third kappa shape index (κ3) is 5.71. The van der Waals surface area contributed by atoms with Gasteiger partial charge in [0.1, 0.15) is 16.5 Å². The van der Waals surface area contributed by atoms with Gasteiger partial charge >= 0.3 is 0 Å². The quantitative estimate of drug-likeness (QED) is 0.399. The monoisotopic (exact) mass is 509 g/mol. The number of para-hydroxylation sites is 2. The van der Waals surface area contributed by atoms with Crippen LogP contribution in [0.2, 0.25) is 0 Å². The van der Waals surface area contributed by atoms with E-state index in [-0.39, 0.29) is 15.8 Å². The molecule has 0 aliphatic heterocycles. The van der Waals surface area contributed by atoms with Gasteiger partial charge < -0.3 is 10.1 Å². The van der Waals surface area contributed by atoms with Crippen molar-refractivity contribution in [1.82, 2.24) is 4.57 Å². The Morgan fingerprint density at radius 2 is 1.76 bits per heavy atom. The number of ether oxygens (including phenoxy) is 1. The van der Waals surface area contributed by atoms with E-state index in [1.165, 1.54) is 4.57 Å². The van der Waals surface area contributed by atoms with Gasteiger partial charge in [-0.25, -0.2) is 0 Å². The molecule has 186 valence electrons. The van der Waals surface area contributed by atoms with Crippen LogP contribution in [-0.4, -0.2) is 17.1 Å². The van der Waals surface area contributed by atoms with E-state index in [0.29, 0.717) is 28.3 Å². The molecule has 0 fully saturated rings. The molecule has 0 saturated carbocycles. The average molecular weight is 510 g/mol. The topological polar surface area (TPSA) is 84.1 Å². The zero-order valence-electron chi connectivity index (χ0n) is 20.9. The summed E-state index contributed by atoms with van der Waals surface area (Å²) in [5.74, 6) is 0.0934. The normalized spacial score (nSPS) is 12.1. The number of hydrogen-bond donors (Lipinski definition) is 1. The molecule has 0 aliphatic rings. The van der Waals surface area contributed by atoms with Crippen LogP contribution in [-0.2, 0) is 4.79 Å². The first kappa shape index (κ1) is 25.7. The second-order valence-electron chi connectivity index (χ2n) is 8.54. The molecule has 0 saturated heterocycles. The number of thiazole rings is 1. The molecular formula is C30H27N3O3S. The van der Waals surface area contributed by atoms with Crippen LogP contribution in [0.25, 0.3) is 17.3 Å². The summed E-state index contributed by atoms with van der Waals surface area (Å²) in [5.41, 5.74) is 3.39. The van der Waals surface area contributed by atoms with Gasteiger partial charge in [-0.15, -0.1) is 11.3 Å². The summed E-state index contributed by atoms with van der Waals surface area (Å²) in [6.45, 7) is 6.42. The Balaban J connectivity index is 1.96. The number of nitriles is 1. The van der Waals surface area contributed by atoms with E-state index in [2.05, 4.69) is 5.32 Å². The van der Waals surface area contributed by atoms with E-state index in [0.717, 1.165) is 34.4 Å². The average Bonchev–Trinajstić information content (AvgIpc) is 3.20. The van der Waals surface area contributed by atoms with Crippen molar-refractivity contribution >= 4 is 34.6 Å². The third-order valence-corrected chi connectivity index (χ3v) is 6.80. The van der Waals surface area contributed by atoms with Crippen molar-refractivity contribution in [2.24, 2.45) is 0 Å². The second-order valence-corrected chi connectivity index (χ2v) is 9.57. The number of nitrogens with one attached hydrogen (secondary N) is 1. The van der Waals surface area contributed by atoms with Crippen LogP contribution in [0.4, 0.5) is 5.69 Å². The van der Waals surface area contributed by atoms with Crippen molar-refractivity contribution in [2.75, 3.05) is 11.9 Å². The van der Waals surface area contributed by atoms with Crippen molar-refractivity contribution in [3.05, 3.63) is 109 Å². The zero-order chi connectivity index (χ0) is 26.4. The second kappa shape index (κ2) is 11.5. The minimum Gasteiger partial charge on any atom is -0.493 e. The molecule has 4 rings (SSSR count). The molecule has 3 aromatic carbocycles. The van der Waals surface area contributed by atoms with E-state index in [4.69, 9.17) is 4.74 Å². The van der Waals surface area contributed by atoms with E-state index in [1.54, 1.807) is 18.2 Å². The van der Waals surface area contributed by atoms with Crippen molar-refractivity contribution in [2.45, 2.75) is 27.2 Å². The number of hydrogen-bond acceptors (Lipinski definition) is 5. The first-order chi connectivity index (χ1) is 17.9. The summed E-state index contributed by atoms with van der Waals surface area (Å²) >= 11 is 1.11. The number of carbonyl (C=O) groups is 1. The van der Waals surface area contributed by atoms with Crippen LogP contribution >= 0.6 is 11.3 Å². The summed E-state index contributed by atoms with van der Waals surface area (Å²) in [6.07, 6.45) is 2.61. The standard InChI is InChI=1S/C30H27N3O3S/c1-4-17-36-26-12-8-6-10-22(26)18-27-29(35)33(25-11-7-5-9-21(25)3)30(37-27)24(19-31)28(34)32-23-15-13-20(2)14-16-23/h5-16,18H,4,17H2,1-3H3,(H,32,34). The van der Waals surface area contributed by atoms with Crippen molar-refractivity contribution in [3.8, 4) is 17.5 Å². The Labute approximate surface area is 219 Å². The minimum atomic E-state index is -0.576. The highest BCUT2D eigenvalue weighted by atomic mass is 32.1. The lowest BCUT2D eigenvalue weighted by atomic mass is 10.2. The number of benzene rings is 3. The van der Waals surface area contributed by atoms with Crippen LogP contribution in [0, 0.1) is 25.2 Å². The maximum atomic E-state index is 13.8. The fourth-order valence-electron chi connectivity index (χ4n) is 3.79. The Kier molecular flexibility index (Phi) is 8.02. The van der Waals surface area contributed by atoms with Gasteiger partial charge in [0.25, 0.3) is 11.5 Å². The van der Waals surface area contributed by atoms with Crippen LogP contribution < -0.4 is 24.8 Å². The summed E-state index contributed by atoms with van der Waals surface area (Å²) in [7, 11) is 0. The zero-order valence-corrected chi connectivity index (χ0v) is 21.8. The molecule has 4 aromatic rings. The molecule has 0 atom stereocenters. The molecule has 0 aliphatic carbocycles. The first-order valence-corrected chi connectivity index (χ1v) is 12.8. The van der Waals surface area contributed by atoms with Gasteiger partial charge in [-0.05, 0) is 56.2 Å². The number of aryl methyl sites for hydroxylation is 2. The molecule has 1 amide bonds. The fraction of sp³-hybridized carbons (Fsp3) is 0.167. The predicted octanol–water partition coefficient (Wildman–Crippen LogP) is 4.45. The molecule has 0 bridgehead atoms. The van der Waals surface area contributed by atoms with E-state index >= 15 is 0 Å². The molecule has 0 radical (unpaired) electrons. The number of anilines is 1. The molecule has 7 heteroatoms. The lowest BCUT2D eigenvalue weighted by Gasteiger charge is -2.08. The Morgan fingerprint density at radius 1 is 1.05 bits per heavy atom. The first-order valence-electron chi connectivity index (χ1n) is 12.0. The lowest BCUT2D eigenvalue weighted by Crippen LogP contribution is -2.32. The van der Waals surface area contributed by atoms with Crippen molar-refractivity contribution < 1.29 is 9.53 Å². The lowest BCUT2D eigenvalue weighted by molar-refractivity contribution is -0.111. The summed E-state index contributed by atoms with van der Waals surface area (Å²) in [5, 5.41) is 12.8. The smallest absolute Gasteiger partial charge is 0.273 e. The summed E-state index contributed by atoms with van der Waals surface area (Å²) in [6, 6.07) is 24.2. The highest BCUT2D eigenvalue weighted by Gasteiger charge is 2.18. The number of carbonyl (C=O) groups excluding carboxylic acids is 1. The maximum Gasteiger partial charge on any atom is 0.273 e. The van der Waals surface area contributed by atoms with Crippen LogP contribution in [0.3, 0.4) is 0 Å². The van der Waals surface area contributed by atoms with E-state index in [9.17, 15) is 14.9 Å². The maximum absolute atomic E-state index is 13.8. The number of aromatic nitrogens is 1. The number of nitrogens with zero attached hydrogens (tertiary/aromatic N) is 2. The van der Waals surface area contributed by atoms with Crippen LogP contribution in [0.15, 0.2) is 77.6 Å². The largest absolute Gasteiger partial charge is 0.493 e. The van der Waals surface area contributed by atoms with Gasteiger partial charge in [0.2, 0.25) is 0 Å². The van der Waals surface area contributed by atoms with Gasteiger partial charge in [0, 0.05) is 11.3 Å². The van der Waals surface area contributed by atoms with Gasteiger partial charge in [-0.3, -0.25) is 14.2 Å². The number of rotatable bonds is 7. The molecular weight excluding hydrogens is 482 g/mol. The highest BCUT2D eigenvalue weighted by molar-refractivity contribution is 7.07. The summed E-state index contributed by atoms with van der Waals surface area (Å²) in [4.78, 5) is 27.0. The minimum absolute atomic E-state index is 0.138. The molecule has 0 unspecified atom stereocenters. The summed E-state index contributed by atoms with van der Waals surface area (Å²) < 4.78 is 7.98. The Hall–Kier alpha value is -4.41. The Bertz CT molecular complexity index is 1660. The molecule has 1 heterocycles. The molecule has 37 heavy (non-hydrogen) atoms. The van der Waals surface area contributed by atoms with Crippen LogP contribution in [0.5, 0.6) is 5.75 Å². The fourth-order valence-corrected chi connectivity index (χ4v) is 4.88. The van der Waals surface area contributed by atoms with Gasteiger partial charge in [0.05, 0.1) is 16.8 Å². The van der Waals surface area contributed by atoms with E-state index in [1.807, 2.05) is 87.5 Å². The van der Waals surface area contributed by atoms with Crippen molar-refractivity contribution in [1.29, 1.82) is 5.26 Å². The predicted molar refractivity (Wildman–Crippen MR) is 149 cm³/mol. The van der Waals surface area contributed by atoms with Crippen LogP contribution in [0.1, 0.15) is 30.0 Å². The van der Waals surface area contributed by atoms with Gasteiger partial charge in [-0.1, -0.05) is 61.0 Å². The molecule has 6 nitrogen and oxygen atoms in total. The van der Waals surface area contributed by atoms with E-state index < -0.39 is 5.91 Å². The molecule has 1 aromatic heterocycles. The molecule has 0 spiro atoms. The van der Waals surface area contributed by atoms with Crippen molar-refractivity contribution in [3.63, 3.8) is 0 Å². The Morgan fingerprint density at radius 3 is 2.46 bits per heavy atom. The van der Waals surface area contributed by atoms with Gasteiger partial charge in [0.15, 0.2) is 5.57 Å². The SMILES string of the molecule is CCCOc1ccccc1C=c1sc(=C(C#N)C(=O)Nc2ccc(C)cc2)n(-c2ccccc2C)c1=O. The molecule has 1 N–H and O–H groups in total. The van der Waals surface area contributed by atoms with Gasteiger partial charge in [-0.2, -0.15) is 5.26 Å². The third-order valence-electron chi connectivity index (χ3n) is 5.71. The highest BCUT2D eigenvalue weighted by Crippen LogP contribution is 2.19. The number of amides is 1.